The van der Waals surface area contributed by atoms with Gasteiger partial charge in [0.2, 0.25) is 4.38 Å². The molecule has 1 aromatic heterocycles. The van der Waals surface area contributed by atoms with Crippen molar-refractivity contribution in [2.75, 3.05) is 20.8 Å². The molecule has 0 spiro atoms. The van der Waals surface area contributed by atoms with E-state index in [-0.39, 0.29) is 0 Å². The Labute approximate surface area is 133 Å². The van der Waals surface area contributed by atoms with Crippen LogP contribution < -0.4 is 0 Å². The van der Waals surface area contributed by atoms with Crippen LogP contribution in [0.5, 0.6) is 0 Å². The first-order valence-corrected chi connectivity index (χ1v) is 9.12. The number of nitrogens with zero attached hydrogens (tertiary/aromatic N) is 4. The van der Waals surface area contributed by atoms with Crippen molar-refractivity contribution in [3.05, 3.63) is 5.82 Å². The quantitative estimate of drug-likeness (QED) is 0.514. The topological polar surface area (TPSA) is 88.4 Å². The normalized spacial score (nSPS) is 13.1. The third-order valence-electron chi connectivity index (χ3n) is 2.68. The predicted octanol–water partition coefficient (Wildman–Crippen LogP) is 2.01. The highest BCUT2D eigenvalue weighted by molar-refractivity contribution is 8.25. The van der Waals surface area contributed by atoms with Crippen LogP contribution in [0.25, 0.3) is 0 Å². The van der Waals surface area contributed by atoms with Gasteiger partial charge in [-0.15, -0.1) is 5.10 Å². The van der Waals surface area contributed by atoms with Gasteiger partial charge in [0.05, 0.1) is 6.61 Å². The van der Waals surface area contributed by atoms with Gasteiger partial charge >= 0.3 is 7.60 Å². The van der Waals surface area contributed by atoms with Gasteiger partial charge in [-0.25, -0.2) is 4.68 Å². The number of rotatable bonds is 8. The first-order valence-electron chi connectivity index (χ1n) is 6.22. The van der Waals surface area contributed by atoms with Crippen molar-refractivity contribution in [3.63, 3.8) is 0 Å². The molecule has 11 heteroatoms. The molecule has 120 valence electrons. The van der Waals surface area contributed by atoms with Crippen LogP contribution in [0.4, 0.5) is 0 Å². The van der Waals surface area contributed by atoms with Gasteiger partial charge in [-0.1, -0.05) is 11.8 Å². The maximum absolute atomic E-state index is 12.6. The van der Waals surface area contributed by atoms with Crippen molar-refractivity contribution < 1.29 is 18.3 Å². The molecule has 1 atom stereocenters. The van der Waals surface area contributed by atoms with Gasteiger partial charge in [0.1, 0.15) is 4.99 Å². The average Bonchev–Trinajstić information content (AvgIpc) is 2.88. The number of aromatic nitrogens is 4. The number of ether oxygens (including phenoxy) is 1. The van der Waals surface area contributed by atoms with E-state index in [4.69, 9.17) is 26.0 Å². The van der Waals surface area contributed by atoms with Crippen LogP contribution in [0.2, 0.25) is 0 Å². The Morgan fingerprint density at radius 3 is 2.62 bits per heavy atom. The zero-order valence-electron chi connectivity index (χ0n) is 12.4. The molecule has 0 fully saturated rings. The molecular weight excluding hydrogens is 335 g/mol. The third-order valence-corrected chi connectivity index (χ3v) is 6.98. The lowest BCUT2D eigenvalue weighted by molar-refractivity contribution is 0.272. The van der Waals surface area contributed by atoms with Crippen LogP contribution in [-0.4, -0.2) is 50.4 Å². The van der Waals surface area contributed by atoms with Crippen molar-refractivity contribution in [3.8, 4) is 0 Å². The van der Waals surface area contributed by atoms with E-state index in [9.17, 15) is 4.57 Å². The summed E-state index contributed by atoms with van der Waals surface area (Å²) in [7, 11) is 1.17. The molecule has 0 amide bonds. The smallest absolute Gasteiger partial charge is 0.343 e. The average molecular weight is 354 g/mol. The lowest BCUT2D eigenvalue weighted by atomic mass is 10.3. The Kier molecular flexibility index (Phi) is 7.75. The van der Waals surface area contributed by atoms with Gasteiger partial charge in [0.15, 0.2) is 5.82 Å². The molecule has 0 N–H and O–H groups in total. The zero-order chi connectivity index (χ0) is 15.9. The fourth-order valence-corrected chi connectivity index (χ4v) is 5.28. The summed E-state index contributed by atoms with van der Waals surface area (Å²) >= 11 is 6.27. The number of tetrazole rings is 1. The molecule has 1 rings (SSSR count). The molecule has 21 heavy (non-hydrogen) atoms. The second-order valence-electron chi connectivity index (χ2n) is 3.92. The van der Waals surface area contributed by atoms with E-state index in [1.165, 1.54) is 26.0 Å². The van der Waals surface area contributed by atoms with E-state index in [0.29, 0.717) is 29.7 Å². The summed E-state index contributed by atoms with van der Waals surface area (Å²) in [5.41, 5.74) is 0. The minimum Gasteiger partial charge on any atom is -0.479 e. The number of thioether (sulfide) groups is 1. The number of thiocarbonyl (C=S) groups is 1. The fraction of sp³-hybridized carbons (Fsp3) is 0.800. The largest absolute Gasteiger partial charge is 0.479 e. The van der Waals surface area contributed by atoms with Crippen LogP contribution in [-0.2, 0) is 31.8 Å². The van der Waals surface area contributed by atoms with Crippen LogP contribution in [0.1, 0.15) is 19.2 Å². The molecule has 8 nitrogen and oxygen atoms in total. The minimum absolute atomic E-state index is 0.313. The predicted molar refractivity (Wildman–Crippen MR) is 84.3 cm³/mol. The van der Waals surface area contributed by atoms with E-state index in [1.54, 1.807) is 11.7 Å². The van der Waals surface area contributed by atoms with Gasteiger partial charge < -0.3 is 13.8 Å². The lowest BCUT2D eigenvalue weighted by Gasteiger charge is -2.23. The third kappa shape index (κ3) is 5.30. The van der Waals surface area contributed by atoms with Crippen LogP contribution in [0.15, 0.2) is 0 Å². The van der Waals surface area contributed by atoms with Gasteiger partial charge in [-0.2, -0.15) is 0 Å². The van der Waals surface area contributed by atoms with E-state index in [1.807, 2.05) is 6.92 Å². The van der Waals surface area contributed by atoms with Crippen LogP contribution in [0, 0.1) is 0 Å². The molecule has 1 unspecified atom stereocenters. The van der Waals surface area contributed by atoms with Crippen molar-refractivity contribution in [2.24, 2.45) is 7.05 Å². The molecule has 0 radical (unpaired) electrons. The fourth-order valence-electron chi connectivity index (χ4n) is 1.57. The van der Waals surface area contributed by atoms with E-state index < -0.39 is 12.6 Å². The van der Waals surface area contributed by atoms with E-state index in [0.717, 1.165) is 0 Å². The Hall–Kier alpha value is -0.540. The van der Waals surface area contributed by atoms with Gasteiger partial charge in [-0.3, -0.25) is 4.57 Å². The number of aryl methyl sites for hydroxylation is 2. The number of hydrogen-bond acceptors (Lipinski definition) is 9. The van der Waals surface area contributed by atoms with Crippen molar-refractivity contribution >= 4 is 36.0 Å². The molecule has 0 saturated carbocycles. The highest BCUT2D eigenvalue weighted by Crippen LogP contribution is 2.57. The summed E-state index contributed by atoms with van der Waals surface area (Å²) < 4.78 is 29.8. The molecule has 1 heterocycles. The molecule has 0 aliphatic carbocycles. The van der Waals surface area contributed by atoms with E-state index in [2.05, 4.69) is 15.5 Å². The van der Waals surface area contributed by atoms with Crippen LogP contribution >= 0.6 is 31.6 Å². The summed E-state index contributed by atoms with van der Waals surface area (Å²) in [6, 6.07) is 0. The standard InChI is InChI=1S/C10H19N4O4PS2/c1-5-18-10(20)21-9(19(15,16-3)17-4)7-6-8-11-12-13-14(8)2/h9H,5-7H2,1-4H3. The van der Waals surface area contributed by atoms with Crippen molar-refractivity contribution in [1.82, 2.24) is 20.2 Å². The Balaban J connectivity index is 2.78. The molecule has 0 saturated heterocycles. The first-order chi connectivity index (χ1) is 9.96. The minimum atomic E-state index is -3.28. The zero-order valence-corrected chi connectivity index (χ0v) is 14.9. The molecule has 0 aliphatic rings. The summed E-state index contributed by atoms with van der Waals surface area (Å²) in [6.07, 6.45) is 0.998. The summed E-state index contributed by atoms with van der Waals surface area (Å²) in [5, 5.41) is 11.2. The molecular formula is C10H19N4O4PS2. The highest BCUT2D eigenvalue weighted by Gasteiger charge is 2.36. The molecule has 0 aliphatic heterocycles. The summed E-state index contributed by atoms with van der Waals surface area (Å²) in [4.78, 5) is -0.483. The highest BCUT2D eigenvalue weighted by atomic mass is 32.2. The molecule has 0 bridgehead atoms. The first kappa shape index (κ1) is 18.5. The SMILES string of the molecule is CCOC(=S)SC(CCc1nnnn1C)P(=O)(OC)OC. The molecule has 1 aromatic rings. The molecule has 0 aromatic carbocycles. The summed E-state index contributed by atoms with van der Waals surface area (Å²) in [6.45, 7) is 2.29. The van der Waals surface area contributed by atoms with Crippen LogP contribution in [0.3, 0.4) is 0 Å². The Bertz CT molecular complexity index is 505. The monoisotopic (exact) mass is 354 g/mol. The van der Waals surface area contributed by atoms with Crippen molar-refractivity contribution in [2.45, 2.75) is 24.8 Å². The maximum Gasteiger partial charge on any atom is 0.343 e. The van der Waals surface area contributed by atoms with Crippen molar-refractivity contribution in [1.29, 1.82) is 0 Å². The van der Waals surface area contributed by atoms with E-state index >= 15 is 0 Å². The number of hydrogen-bond donors (Lipinski definition) is 0. The lowest BCUT2D eigenvalue weighted by Crippen LogP contribution is -2.14. The Morgan fingerprint density at radius 1 is 1.48 bits per heavy atom. The Morgan fingerprint density at radius 2 is 2.14 bits per heavy atom. The summed E-state index contributed by atoms with van der Waals surface area (Å²) in [5.74, 6) is 0.682. The maximum atomic E-state index is 12.6. The van der Waals surface area contributed by atoms with Gasteiger partial charge in [0, 0.05) is 27.7 Å². The second-order valence-corrected chi connectivity index (χ2v) is 8.51. The second kappa shape index (κ2) is 8.79. The van der Waals surface area contributed by atoms with Gasteiger partial charge in [-0.05, 0) is 36.0 Å². The van der Waals surface area contributed by atoms with Gasteiger partial charge in [0.25, 0.3) is 0 Å².